The van der Waals surface area contributed by atoms with Crippen molar-refractivity contribution in [3.8, 4) is 0 Å². The lowest BCUT2D eigenvalue weighted by Crippen LogP contribution is -2.33. The lowest BCUT2D eigenvalue weighted by molar-refractivity contribution is -0.117. The fraction of sp³-hybridized carbons (Fsp3) is 0.167. The summed E-state index contributed by atoms with van der Waals surface area (Å²) in [5.74, 6) is -0.0423. The van der Waals surface area contributed by atoms with Crippen LogP contribution in [0.3, 0.4) is 0 Å². The van der Waals surface area contributed by atoms with Crippen molar-refractivity contribution in [1.29, 1.82) is 0 Å². The van der Waals surface area contributed by atoms with Gasteiger partial charge in [-0.15, -0.1) is 0 Å². The van der Waals surface area contributed by atoms with Crippen molar-refractivity contribution in [2.24, 2.45) is 0 Å². The zero-order valence-electron chi connectivity index (χ0n) is 11.6. The van der Waals surface area contributed by atoms with Gasteiger partial charge in [-0.3, -0.25) is 4.79 Å². The molecular formula is C18H16BrNO. The molecule has 2 nitrogen and oxygen atoms in total. The topological polar surface area (TPSA) is 29.1 Å². The Kier molecular flexibility index (Phi) is 3.93. The molecule has 0 heterocycles. The van der Waals surface area contributed by atoms with Crippen molar-refractivity contribution >= 4 is 27.9 Å². The van der Waals surface area contributed by atoms with Crippen LogP contribution in [0.5, 0.6) is 0 Å². The van der Waals surface area contributed by atoms with Gasteiger partial charge in [-0.05, 0) is 42.2 Å². The van der Waals surface area contributed by atoms with Crippen LogP contribution >= 0.6 is 15.9 Å². The highest BCUT2D eigenvalue weighted by atomic mass is 79.9. The SMILES string of the molecule is O=C(/C=C/c1ccccc1)NC1(c2ccc(Br)cc2)CC1. The van der Waals surface area contributed by atoms with Crippen LogP contribution in [0.2, 0.25) is 0 Å². The van der Waals surface area contributed by atoms with Crippen LogP contribution in [0.15, 0.2) is 65.1 Å². The number of halogens is 1. The van der Waals surface area contributed by atoms with Gasteiger partial charge in [0.05, 0.1) is 5.54 Å². The highest BCUT2D eigenvalue weighted by molar-refractivity contribution is 9.10. The van der Waals surface area contributed by atoms with Gasteiger partial charge < -0.3 is 5.32 Å². The zero-order chi connectivity index (χ0) is 14.7. The third-order valence-corrected chi connectivity index (χ3v) is 4.26. The summed E-state index contributed by atoms with van der Waals surface area (Å²) in [6, 6.07) is 18.0. The van der Waals surface area contributed by atoms with Gasteiger partial charge in [-0.25, -0.2) is 0 Å². The molecule has 0 radical (unpaired) electrons. The summed E-state index contributed by atoms with van der Waals surface area (Å²) in [7, 11) is 0. The van der Waals surface area contributed by atoms with E-state index in [1.54, 1.807) is 6.08 Å². The molecule has 0 bridgehead atoms. The van der Waals surface area contributed by atoms with Gasteiger partial charge in [0.2, 0.25) is 5.91 Å². The molecule has 21 heavy (non-hydrogen) atoms. The van der Waals surface area contributed by atoms with Crippen molar-refractivity contribution in [2.75, 3.05) is 0 Å². The number of hydrogen-bond donors (Lipinski definition) is 1. The van der Waals surface area contributed by atoms with E-state index in [9.17, 15) is 4.79 Å². The minimum atomic E-state index is -0.168. The first-order valence-electron chi connectivity index (χ1n) is 6.99. The predicted octanol–water partition coefficient (Wildman–Crippen LogP) is 4.27. The maximum atomic E-state index is 12.1. The normalized spacial score (nSPS) is 15.9. The largest absolute Gasteiger partial charge is 0.343 e. The van der Waals surface area contributed by atoms with Gasteiger partial charge in [-0.1, -0.05) is 58.4 Å². The van der Waals surface area contributed by atoms with E-state index in [1.165, 1.54) is 5.56 Å². The quantitative estimate of drug-likeness (QED) is 0.826. The van der Waals surface area contributed by atoms with Crippen LogP contribution in [0.1, 0.15) is 24.0 Å². The molecule has 0 saturated heterocycles. The first-order valence-corrected chi connectivity index (χ1v) is 7.79. The van der Waals surface area contributed by atoms with Crippen molar-refractivity contribution < 1.29 is 4.79 Å². The van der Waals surface area contributed by atoms with E-state index < -0.39 is 0 Å². The average molecular weight is 342 g/mol. The molecule has 1 aliphatic carbocycles. The van der Waals surface area contributed by atoms with Crippen molar-refractivity contribution in [3.63, 3.8) is 0 Å². The fourth-order valence-electron chi connectivity index (χ4n) is 2.39. The molecule has 2 aromatic carbocycles. The molecule has 1 fully saturated rings. The second-order valence-corrected chi connectivity index (χ2v) is 6.24. The summed E-state index contributed by atoms with van der Waals surface area (Å²) in [5, 5.41) is 3.13. The maximum absolute atomic E-state index is 12.1. The smallest absolute Gasteiger partial charge is 0.244 e. The second-order valence-electron chi connectivity index (χ2n) is 5.32. The Hall–Kier alpha value is -1.87. The Morgan fingerprint density at radius 2 is 1.71 bits per heavy atom. The average Bonchev–Trinajstić information content (AvgIpc) is 3.27. The van der Waals surface area contributed by atoms with Gasteiger partial charge in [0.25, 0.3) is 0 Å². The summed E-state index contributed by atoms with van der Waals surface area (Å²) in [5.41, 5.74) is 2.03. The number of carbonyl (C=O) groups is 1. The highest BCUT2D eigenvalue weighted by Gasteiger charge is 2.45. The van der Waals surface area contributed by atoms with Crippen molar-refractivity contribution in [1.82, 2.24) is 5.32 Å². The van der Waals surface area contributed by atoms with Crippen LogP contribution in [0, 0.1) is 0 Å². The number of hydrogen-bond acceptors (Lipinski definition) is 1. The fourth-order valence-corrected chi connectivity index (χ4v) is 2.66. The number of carbonyl (C=O) groups excluding carboxylic acids is 1. The van der Waals surface area contributed by atoms with Crippen LogP contribution in [-0.4, -0.2) is 5.91 Å². The van der Waals surface area contributed by atoms with E-state index in [0.717, 1.165) is 22.9 Å². The number of amides is 1. The Morgan fingerprint density at radius 3 is 2.33 bits per heavy atom. The molecule has 106 valence electrons. The summed E-state index contributed by atoms with van der Waals surface area (Å²) in [6.07, 6.45) is 5.44. The molecule has 1 saturated carbocycles. The van der Waals surface area contributed by atoms with Crippen LogP contribution in [-0.2, 0) is 10.3 Å². The number of nitrogens with one attached hydrogen (secondary N) is 1. The van der Waals surface area contributed by atoms with E-state index >= 15 is 0 Å². The monoisotopic (exact) mass is 341 g/mol. The highest BCUT2D eigenvalue weighted by Crippen LogP contribution is 2.45. The molecule has 0 unspecified atom stereocenters. The molecule has 0 spiro atoms. The molecule has 0 atom stereocenters. The van der Waals surface area contributed by atoms with Crippen LogP contribution in [0.4, 0.5) is 0 Å². The lowest BCUT2D eigenvalue weighted by atomic mass is 10.1. The minimum absolute atomic E-state index is 0.0423. The Labute approximate surface area is 133 Å². The number of benzene rings is 2. The molecule has 2 aromatic rings. The second kappa shape index (κ2) is 5.86. The third-order valence-electron chi connectivity index (χ3n) is 3.74. The van der Waals surface area contributed by atoms with E-state index in [2.05, 4.69) is 33.4 Å². The van der Waals surface area contributed by atoms with Gasteiger partial charge in [-0.2, -0.15) is 0 Å². The standard InChI is InChI=1S/C18H16BrNO/c19-16-9-7-15(8-10-16)18(12-13-18)20-17(21)11-6-14-4-2-1-3-5-14/h1-11H,12-13H2,(H,20,21)/b11-6+. The number of rotatable bonds is 4. The minimum Gasteiger partial charge on any atom is -0.343 e. The molecule has 3 heteroatoms. The Morgan fingerprint density at radius 1 is 1.05 bits per heavy atom. The van der Waals surface area contributed by atoms with Gasteiger partial charge in [0.15, 0.2) is 0 Å². The first kappa shape index (κ1) is 14.1. The van der Waals surface area contributed by atoms with E-state index in [4.69, 9.17) is 0 Å². The Balaban J connectivity index is 1.67. The van der Waals surface area contributed by atoms with Gasteiger partial charge in [0.1, 0.15) is 0 Å². The Bertz CT molecular complexity index is 657. The maximum Gasteiger partial charge on any atom is 0.244 e. The molecular weight excluding hydrogens is 326 g/mol. The molecule has 1 N–H and O–H groups in total. The molecule has 0 aliphatic heterocycles. The first-order chi connectivity index (χ1) is 10.2. The third kappa shape index (κ3) is 3.42. The predicted molar refractivity (Wildman–Crippen MR) is 88.7 cm³/mol. The van der Waals surface area contributed by atoms with Crippen molar-refractivity contribution in [2.45, 2.75) is 18.4 Å². The molecule has 3 rings (SSSR count). The van der Waals surface area contributed by atoms with Crippen LogP contribution < -0.4 is 5.32 Å². The van der Waals surface area contributed by atoms with Gasteiger partial charge in [0, 0.05) is 10.5 Å². The van der Waals surface area contributed by atoms with E-state index in [0.29, 0.717) is 0 Å². The summed E-state index contributed by atoms with van der Waals surface area (Å²) in [6.45, 7) is 0. The summed E-state index contributed by atoms with van der Waals surface area (Å²) < 4.78 is 1.05. The van der Waals surface area contributed by atoms with Crippen molar-refractivity contribution in [3.05, 3.63) is 76.3 Å². The van der Waals surface area contributed by atoms with E-state index in [-0.39, 0.29) is 11.4 Å². The van der Waals surface area contributed by atoms with Gasteiger partial charge >= 0.3 is 0 Å². The van der Waals surface area contributed by atoms with Crippen LogP contribution in [0.25, 0.3) is 6.08 Å². The van der Waals surface area contributed by atoms with E-state index in [1.807, 2.05) is 48.5 Å². The summed E-state index contributed by atoms with van der Waals surface area (Å²) in [4.78, 5) is 12.1. The lowest BCUT2D eigenvalue weighted by Gasteiger charge is -2.16. The summed E-state index contributed by atoms with van der Waals surface area (Å²) >= 11 is 3.44. The molecule has 1 amide bonds. The zero-order valence-corrected chi connectivity index (χ0v) is 13.1. The molecule has 0 aromatic heterocycles. The molecule has 1 aliphatic rings.